The fourth-order valence-electron chi connectivity index (χ4n) is 1.77. The number of rotatable bonds is 7. The van der Waals surface area contributed by atoms with Crippen molar-refractivity contribution in [3.8, 4) is 0 Å². The van der Waals surface area contributed by atoms with Gasteiger partial charge in [0.15, 0.2) is 5.76 Å². The summed E-state index contributed by atoms with van der Waals surface area (Å²) in [6.07, 6.45) is 1.41. The number of carbonyl (C=O) groups is 2. The summed E-state index contributed by atoms with van der Waals surface area (Å²) in [5.41, 5.74) is 0. The summed E-state index contributed by atoms with van der Waals surface area (Å²) in [4.78, 5) is 24.3. The Morgan fingerprint density at radius 1 is 1.24 bits per heavy atom. The highest BCUT2D eigenvalue weighted by Gasteiger charge is 2.27. The molecule has 0 aromatic carbocycles. The molecule has 0 aliphatic carbocycles. The summed E-state index contributed by atoms with van der Waals surface area (Å²) < 4.78 is 5.02. The second kappa shape index (κ2) is 7.83. The van der Waals surface area contributed by atoms with Crippen molar-refractivity contribution in [3.63, 3.8) is 0 Å². The molecule has 3 unspecified atom stereocenters. The Morgan fingerprint density at radius 2 is 1.90 bits per heavy atom. The molecule has 0 aliphatic rings. The molecule has 6 nitrogen and oxygen atoms in total. The van der Waals surface area contributed by atoms with Gasteiger partial charge in [0.05, 0.1) is 6.26 Å². The predicted octanol–water partition coefficient (Wildman–Crippen LogP) is 1.17. The van der Waals surface area contributed by atoms with Crippen molar-refractivity contribution in [1.29, 1.82) is 0 Å². The van der Waals surface area contributed by atoms with E-state index in [1.165, 1.54) is 6.26 Å². The molecule has 0 bridgehead atoms. The molecule has 1 rings (SSSR count). The molecule has 0 saturated carbocycles. The lowest BCUT2D eigenvalue weighted by Crippen LogP contribution is -2.52. The summed E-state index contributed by atoms with van der Waals surface area (Å²) >= 11 is 0. The molecule has 118 valence electrons. The van der Waals surface area contributed by atoms with Crippen LogP contribution in [0.15, 0.2) is 22.8 Å². The molecule has 0 fully saturated rings. The van der Waals surface area contributed by atoms with Crippen LogP contribution in [0.3, 0.4) is 0 Å². The maximum Gasteiger partial charge on any atom is 0.287 e. The zero-order valence-corrected chi connectivity index (χ0v) is 12.9. The van der Waals surface area contributed by atoms with E-state index in [-0.39, 0.29) is 36.2 Å². The Bertz CT molecular complexity index is 456. The van der Waals surface area contributed by atoms with Crippen LogP contribution in [0.25, 0.3) is 0 Å². The molecule has 1 heterocycles. The van der Waals surface area contributed by atoms with Crippen LogP contribution in [0.5, 0.6) is 0 Å². The first-order chi connectivity index (χ1) is 9.86. The molecule has 2 amide bonds. The normalized spacial score (nSPS) is 15.3. The minimum absolute atomic E-state index is 0.00739. The first-order valence-corrected chi connectivity index (χ1v) is 7.12. The van der Waals surface area contributed by atoms with E-state index in [1.807, 2.05) is 27.7 Å². The molecule has 1 aromatic rings. The molecule has 1 aromatic heterocycles. The Labute approximate surface area is 124 Å². The molecule has 0 radical (unpaired) electrons. The highest BCUT2D eigenvalue weighted by atomic mass is 16.3. The zero-order valence-electron chi connectivity index (χ0n) is 12.9. The van der Waals surface area contributed by atoms with Gasteiger partial charge in [-0.25, -0.2) is 0 Å². The van der Waals surface area contributed by atoms with Crippen molar-refractivity contribution >= 4 is 11.8 Å². The van der Waals surface area contributed by atoms with Gasteiger partial charge in [0.1, 0.15) is 6.04 Å². The smallest absolute Gasteiger partial charge is 0.287 e. The van der Waals surface area contributed by atoms with Crippen molar-refractivity contribution in [1.82, 2.24) is 10.6 Å². The molecule has 3 N–H and O–H groups in total. The van der Waals surface area contributed by atoms with E-state index in [9.17, 15) is 9.59 Å². The van der Waals surface area contributed by atoms with Gasteiger partial charge in [0, 0.05) is 12.6 Å². The first-order valence-electron chi connectivity index (χ1n) is 7.12. The van der Waals surface area contributed by atoms with Crippen molar-refractivity contribution < 1.29 is 19.1 Å². The van der Waals surface area contributed by atoms with E-state index in [4.69, 9.17) is 9.52 Å². The van der Waals surface area contributed by atoms with E-state index in [0.717, 1.165) is 0 Å². The van der Waals surface area contributed by atoms with Crippen LogP contribution < -0.4 is 10.6 Å². The second-order valence-electron chi connectivity index (χ2n) is 5.63. The topological polar surface area (TPSA) is 91.6 Å². The molecule has 0 saturated heterocycles. The monoisotopic (exact) mass is 296 g/mol. The second-order valence-corrected chi connectivity index (χ2v) is 5.63. The van der Waals surface area contributed by atoms with Crippen molar-refractivity contribution in [2.75, 3.05) is 6.61 Å². The minimum atomic E-state index is -0.657. The van der Waals surface area contributed by atoms with Crippen molar-refractivity contribution in [2.24, 2.45) is 11.8 Å². The summed E-state index contributed by atoms with van der Waals surface area (Å²) in [7, 11) is 0. The Kier molecular flexibility index (Phi) is 6.42. The average Bonchev–Trinajstić information content (AvgIpc) is 2.96. The molecule has 6 heteroatoms. The third kappa shape index (κ3) is 4.90. The van der Waals surface area contributed by atoms with E-state index in [1.54, 1.807) is 12.1 Å². The summed E-state index contributed by atoms with van der Waals surface area (Å²) in [6.45, 7) is 7.37. The van der Waals surface area contributed by atoms with Crippen LogP contribution in [0, 0.1) is 11.8 Å². The van der Waals surface area contributed by atoms with E-state index >= 15 is 0 Å². The van der Waals surface area contributed by atoms with Gasteiger partial charge in [-0.15, -0.1) is 0 Å². The van der Waals surface area contributed by atoms with Crippen LogP contribution in [0.1, 0.15) is 38.2 Å². The van der Waals surface area contributed by atoms with Crippen LogP contribution >= 0.6 is 0 Å². The number of aliphatic hydroxyl groups excluding tert-OH is 1. The van der Waals surface area contributed by atoms with Gasteiger partial charge in [-0.3, -0.25) is 9.59 Å². The fourth-order valence-corrected chi connectivity index (χ4v) is 1.77. The lowest BCUT2D eigenvalue weighted by atomic mass is 10.0. The van der Waals surface area contributed by atoms with E-state index in [2.05, 4.69) is 10.6 Å². The summed E-state index contributed by atoms with van der Waals surface area (Å²) in [6, 6.07) is 2.33. The summed E-state index contributed by atoms with van der Waals surface area (Å²) in [5.74, 6) is -0.636. The zero-order chi connectivity index (χ0) is 16.0. The SMILES string of the molecule is CC(C)C(NC(=O)c1ccco1)C(=O)NC(C)C(C)CO. The number of furan rings is 1. The third-order valence-electron chi connectivity index (χ3n) is 3.49. The number of hydrogen-bond donors (Lipinski definition) is 3. The lowest BCUT2D eigenvalue weighted by molar-refractivity contribution is -0.125. The standard InChI is InChI=1S/C15H24N2O4/c1-9(2)13(15(20)16-11(4)10(3)8-18)17-14(19)12-6-5-7-21-12/h5-7,9-11,13,18H,8H2,1-4H3,(H,16,20)(H,17,19). The number of hydrogen-bond acceptors (Lipinski definition) is 4. The van der Waals surface area contributed by atoms with Crippen LogP contribution in [-0.4, -0.2) is 35.6 Å². The number of aliphatic hydroxyl groups is 1. The maximum absolute atomic E-state index is 12.3. The Morgan fingerprint density at radius 3 is 2.38 bits per heavy atom. The van der Waals surface area contributed by atoms with Gasteiger partial charge >= 0.3 is 0 Å². The fraction of sp³-hybridized carbons (Fsp3) is 0.600. The van der Waals surface area contributed by atoms with Crippen molar-refractivity contribution in [3.05, 3.63) is 24.2 Å². The first kappa shape index (κ1) is 17.2. The molecule has 3 atom stereocenters. The number of amides is 2. The molecule has 0 aliphatic heterocycles. The molecular formula is C15H24N2O4. The number of nitrogens with one attached hydrogen (secondary N) is 2. The average molecular weight is 296 g/mol. The quantitative estimate of drug-likeness (QED) is 0.704. The van der Waals surface area contributed by atoms with E-state index < -0.39 is 11.9 Å². The Balaban J connectivity index is 2.68. The van der Waals surface area contributed by atoms with Crippen LogP contribution in [0.4, 0.5) is 0 Å². The lowest BCUT2D eigenvalue weighted by Gasteiger charge is -2.25. The molecule has 0 spiro atoms. The Hall–Kier alpha value is -1.82. The third-order valence-corrected chi connectivity index (χ3v) is 3.49. The summed E-state index contributed by atoms with van der Waals surface area (Å²) in [5, 5.41) is 14.6. The molecular weight excluding hydrogens is 272 g/mol. The van der Waals surface area contributed by atoms with Gasteiger partial charge in [-0.1, -0.05) is 20.8 Å². The van der Waals surface area contributed by atoms with Gasteiger partial charge in [0.25, 0.3) is 5.91 Å². The van der Waals surface area contributed by atoms with Crippen molar-refractivity contribution in [2.45, 2.75) is 39.8 Å². The van der Waals surface area contributed by atoms with Crippen LogP contribution in [0.2, 0.25) is 0 Å². The number of carbonyl (C=O) groups excluding carboxylic acids is 2. The van der Waals surface area contributed by atoms with Crippen LogP contribution in [-0.2, 0) is 4.79 Å². The highest BCUT2D eigenvalue weighted by Crippen LogP contribution is 2.08. The highest BCUT2D eigenvalue weighted by molar-refractivity contribution is 5.95. The predicted molar refractivity (Wildman–Crippen MR) is 78.7 cm³/mol. The largest absolute Gasteiger partial charge is 0.459 e. The van der Waals surface area contributed by atoms with Gasteiger partial charge in [-0.2, -0.15) is 0 Å². The minimum Gasteiger partial charge on any atom is -0.459 e. The molecule has 21 heavy (non-hydrogen) atoms. The van der Waals surface area contributed by atoms with Gasteiger partial charge < -0.3 is 20.2 Å². The van der Waals surface area contributed by atoms with Gasteiger partial charge in [0.2, 0.25) is 5.91 Å². The van der Waals surface area contributed by atoms with E-state index in [0.29, 0.717) is 0 Å². The van der Waals surface area contributed by atoms with Gasteiger partial charge in [-0.05, 0) is 30.9 Å². The maximum atomic E-state index is 12.3.